The summed E-state index contributed by atoms with van der Waals surface area (Å²) in [4.78, 5) is 1.15. The monoisotopic (exact) mass is 363 g/mol. The van der Waals surface area contributed by atoms with Gasteiger partial charge >= 0.3 is 0 Å². The molecular formula is C17H18BrNOS. The zero-order valence-corrected chi connectivity index (χ0v) is 14.3. The maximum Gasteiger partial charge on any atom is 0.140 e. The van der Waals surface area contributed by atoms with Gasteiger partial charge in [0, 0.05) is 27.5 Å². The Morgan fingerprint density at radius 2 is 2.00 bits per heavy atom. The van der Waals surface area contributed by atoms with Crippen molar-refractivity contribution in [2.24, 2.45) is 0 Å². The maximum atomic E-state index is 6.17. The molecule has 2 aromatic carbocycles. The first kappa shape index (κ1) is 14.9. The fourth-order valence-corrected chi connectivity index (χ4v) is 3.00. The van der Waals surface area contributed by atoms with Crippen LogP contribution < -0.4 is 10.1 Å². The summed E-state index contributed by atoms with van der Waals surface area (Å²) in [6.45, 7) is 0.856. The molecule has 1 saturated carbocycles. The van der Waals surface area contributed by atoms with Gasteiger partial charge in [0.05, 0.1) is 0 Å². The first-order chi connectivity index (χ1) is 10.3. The second-order valence-electron chi connectivity index (χ2n) is 5.16. The number of rotatable bonds is 6. The van der Waals surface area contributed by atoms with Crippen LogP contribution in [0.15, 0.2) is 51.8 Å². The predicted molar refractivity (Wildman–Crippen MR) is 92.3 cm³/mol. The molecule has 1 N–H and O–H groups in total. The minimum absolute atomic E-state index is 0.694. The Morgan fingerprint density at radius 1 is 1.19 bits per heavy atom. The SMILES string of the molecule is CSc1ccccc1Oc1cc(Br)ccc1CNC1CC1. The third-order valence-corrected chi connectivity index (χ3v) is 4.75. The van der Waals surface area contributed by atoms with E-state index in [2.05, 4.69) is 45.7 Å². The van der Waals surface area contributed by atoms with Gasteiger partial charge in [0.15, 0.2) is 0 Å². The fourth-order valence-electron chi connectivity index (χ4n) is 2.13. The van der Waals surface area contributed by atoms with Gasteiger partial charge < -0.3 is 10.1 Å². The lowest BCUT2D eigenvalue weighted by atomic mass is 10.2. The molecule has 0 spiro atoms. The lowest BCUT2D eigenvalue weighted by Gasteiger charge is -2.14. The highest BCUT2D eigenvalue weighted by atomic mass is 79.9. The summed E-state index contributed by atoms with van der Waals surface area (Å²) in [5.41, 5.74) is 1.20. The number of nitrogens with one attached hydrogen (secondary N) is 1. The van der Waals surface area contributed by atoms with Gasteiger partial charge in [-0.05, 0) is 43.4 Å². The summed E-state index contributed by atoms with van der Waals surface area (Å²) in [6.07, 6.45) is 4.66. The molecule has 1 aliphatic rings. The summed E-state index contributed by atoms with van der Waals surface area (Å²) < 4.78 is 7.21. The van der Waals surface area contributed by atoms with Gasteiger partial charge in [0.1, 0.15) is 11.5 Å². The van der Waals surface area contributed by atoms with E-state index in [1.165, 1.54) is 18.4 Å². The van der Waals surface area contributed by atoms with Crippen LogP contribution in [-0.4, -0.2) is 12.3 Å². The fraction of sp³-hybridized carbons (Fsp3) is 0.294. The zero-order valence-electron chi connectivity index (χ0n) is 11.9. The van der Waals surface area contributed by atoms with Gasteiger partial charge in [0.25, 0.3) is 0 Å². The number of para-hydroxylation sites is 1. The largest absolute Gasteiger partial charge is 0.456 e. The average molecular weight is 364 g/mol. The number of hydrogen-bond acceptors (Lipinski definition) is 3. The molecule has 0 saturated heterocycles. The molecule has 2 nitrogen and oxygen atoms in total. The van der Waals surface area contributed by atoms with Crippen molar-refractivity contribution >= 4 is 27.7 Å². The molecular weight excluding hydrogens is 346 g/mol. The number of benzene rings is 2. The molecule has 2 aromatic rings. The summed E-state index contributed by atoms with van der Waals surface area (Å²) in [7, 11) is 0. The van der Waals surface area contributed by atoms with Crippen molar-refractivity contribution in [2.75, 3.05) is 6.26 Å². The van der Waals surface area contributed by atoms with Crippen molar-refractivity contribution in [1.82, 2.24) is 5.32 Å². The van der Waals surface area contributed by atoms with E-state index in [1.807, 2.05) is 24.3 Å². The van der Waals surface area contributed by atoms with Crippen LogP contribution in [0.2, 0.25) is 0 Å². The highest BCUT2D eigenvalue weighted by Gasteiger charge is 2.20. The molecule has 1 fully saturated rings. The molecule has 21 heavy (non-hydrogen) atoms. The van der Waals surface area contributed by atoms with E-state index >= 15 is 0 Å². The second-order valence-corrected chi connectivity index (χ2v) is 6.92. The predicted octanol–water partition coefficient (Wildman–Crippen LogP) is 5.22. The number of thioether (sulfide) groups is 1. The van der Waals surface area contributed by atoms with Crippen LogP contribution in [0.25, 0.3) is 0 Å². The Morgan fingerprint density at radius 3 is 2.76 bits per heavy atom. The third-order valence-electron chi connectivity index (χ3n) is 3.48. The van der Waals surface area contributed by atoms with E-state index in [4.69, 9.17) is 4.74 Å². The summed E-state index contributed by atoms with van der Waals surface area (Å²) in [5.74, 6) is 1.83. The lowest BCUT2D eigenvalue weighted by molar-refractivity contribution is 0.461. The standard InChI is InChI=1S/C17H18BrNOS/c1-21-17-5-3-2-4-15(17)20-16-10-13(18)7-6-12(16)11-19-14-8-9-14/h2-7,10,14,19H,8-9,11H2,1H3. The van der Waals surface area contributed by atoms with Crippen LogP contribution in [-0.2, 0) is 6.54 Å². The Bertz CT molecular complexity index is 628. The molecule has 0 aliphatic heterocycles. The second kappa shape index (κ2) is 6.86. The van der Waals surface area contributed by atoms with Crippen molar-refractivity contribution in [2.45, 2.75) is 30.3 Å². The Kier molecular flexibility index (Phi) is 4.88. The van der Waals surface area contributed by atoms with Gasteiger partial charge in [-0.3, -0.25) is 0 Å². The quantitative estimate of drug-likeness (QED) is 0.711. The van der Waals surface area contributed by atoms with E-state index in [0.717, 1.165) is 27.4 Å². The Balaban J connectivity index is 1.83. The molecule has 0 amide bonds. The van der Waals surface area contributed by atoms with Crippen molar-refractivity contribution < 1.29 is 4.74 Å². The Hall–Kier alpha value is -0.970. The highest BCUT2D eigenvalue weighted by molar-refractivity contribution is 9.10. The summed E-state index contributed by atoms with van der Waals surface area (Å²) in [5, 5.41) is 3.55. The van der Waals surface area contributed by atoms with Crippen LogP contribution in [0.5, 0.6) is 11.5 Å². The zero-order chi connectivity index (χ0) is 14.7. The van der Waals surface area contributed by atoms with E-state index in [-0.39, 0.29) is 0 Å². The van der Waals surface area contributed by atoms with E-state index in [1.54, 1.807) is 11.8 Å². The number of halogens is 1. The van der Waals surface area contributed by atoms with Crippen LogP contribution in [0.4, 0.5) is 0 Å². The van der Waals surface area contributed by atoms with Crippen LogP contribution in [0.1, 0.15) is 18.4 Å². The molecule has 0 unspecified atom stereocenters. The highest BCUT2D eigenvalue weighted by Crippen LogP contribution is 2.34. The molecule has 0 aromatic heterocycles. The first-order valence-electron chi connectivity index (χ1n) is 7.09. The average Bonchev–Trinajstić information content (AvgIpc) is 3.31. The van der Waals surface area contributed by atoms with E-state index < -0.39 is 0 Å². The molecule has 0 atom stereocenters. The normalized spacial score (nSPS) is 14.2. The molecule has 0 heterocycles. The van der Waals surface area contributed by atoms with Gasteiger partial charge in [-0.1, -0.05) is 34.1 Å². The van der Waals surface area contributed by atoms with E-state index in [0.29, 0.717) is 6.04 Å². The van der Waals surface area contributed by atoms with Gasteiger partial charge in [-0.15, -0.1) is 11.8 Å². The number of hydrogen-bond donors (Lipinski definition) is 1. The molecule has 3 rings (SSSR count). The third kappa shape index (κ3) is 4.02. The Labute approximate surface area is 138 Å². The van der Waals surface area contributed by atoms with Crippen LogP contribution in [0, 0.1) is 0 Å². The minimum atomic E-state index is 0.694. The summed E-state index contributed by atoms with van der Waals surface area (Å²) >= 11 is 5.23. The van der Waals surface area contributed by atoms with E-state index in [9.17, 15) is 0 Å². The van der Waals surface area contributed by atoms with Crippen molar-refractivity contribution in [1.29, 1.82) is 0 Å². The van der Waals surface area contributed by atoms with Gasteiger partial charge in [-0.2, -0.15) is 0 Å². The molecule has 0 bridgehead atoms. The van der Waals surface area contributed by atoms with Crippen molar-refractivity contribution in [3.05, 3.63) is 52.5 Å². The van der Waals surface area contributed by atoms with Crippen LogP contribution >= 0.6 is 27.7 Å². The van der Waals surface area contributed by atoms with Gasteiger partial charge in [-0.25, -0.2) is 0 Å². The maximum absolute atomic E-state index is 6.17. The van der Waals surface area contributed by atoms with Crippen molar-refractivity contribution in [3.8, 4) is 11.5 Å². The summed E-state index contributed by atoms with van der Waals surface area (Å²) in [6, 6.07) is 15.1. The van der Waals surface area contributed by atoms with Crippen molar-refractivity contribution in [3.63, 3.8) is 0 Å². The molecule has 0 radical (unpaired) electrons. The molecule has 4 heteroatoms. The van der Waals surface area contributed by atoms with Crippen LogP contribution in [0.3, 0.4) is 0 Å². The molecule has 1 aliphatic carbocycles. The lowest BCUT2D eigenvalue weighted by Crippen LogP contribution is -2.15. The topological polar surface area (TPSA) is 21.3 Å². The smallest absolute Gasteiger partial charge is 0.140 e. The minimum Gasteiger partial charge on any atom is -0.456 e. The molecule has 110 valence electrons. The van der Waals surface area contributed by atoms with Gasteiger partial charge in [0.2, 0.25) is 0 Å². The first-order valence-corrected chi connectivity index (χ1v) is 9.11. The number of ether oxygens (including phenoxy) is 1.